The number of carbonyl (C=O) groups is 1. The summed E-state index contributed by atoms with van der Waals surface area (Å²) in [5.41, 5.74) is 0. The lowest BCUT2D eigenvalue weighted by Gasteiger charge is -2.25. The molecule has 0 amide bonds. The third-order valence-electron chi connectivity index (χ3n) is 3.32. The zero-order valence-electron chi connectivity index (χ0n) is 11.5. The molecule has 0 aromatic heterocycles. The lowest BCUT2D eigenvalue weighted by molar-refractivity contribution is -0.145. The number of methoxy groups -OCH3 is 1. The van der Waals surface area contributed by atoms with E-state index in [4.69, 9.17) is 4.74 Å². The minimum Gasteiger partial charge on any atom is -0.469 e. The molecule has 0 aliphatic heterocycles. The van der Waals surface area contributed by atoms with Crippen LogP contribution in [0.1, 0.15) is 47.5 Å². The molecule has 0 aliphatic carbocycles. The van der Waals surface area contributed by atoms with Crippen LogP contribution in [0.15, 0.2) is 0 Å². The predicted octanol–water partition coefficient (Wildman–Crippen LogP) is 2.60. The van der Waals surface area contributed by atoms with Gasteiger partial charge in [-0.05, 0) is 26.2 Å². The Morgan fingerprint density at radius 2 is 1.81 bits per heavy atom. The fourth-order valence-corrected chi connectivity index (χ4v) is 1.82. The van der Waals surface area contributed by atoms with Crippen molar-refractivity contribution in [1.82, 2.24) is 5.32 Å². The minimum absolute atomic E-state index is 0.0932. The van der Waals surface area contributed by atoms with Crippen LogP contribution in [0.3, 0.4) is 0 Å². The maximum atomic E-state index is 11.4. The van der Waals surface area contributed by atoms with E-state index in [-0.39, 0.29) is 17.9 Å². The molecule has 96 valence electrons. The van der Waals surface area contributed by atoms with E-state index in [1.165, 1.54) is 13.5 Å². The maximum Gasteiger partial charge on any atom is 0.309 e. The smallest absolute Gasteiger partial charge is 0.309 e. The first-order valence-electron chi connectivity index (χ1n) is 6.26. The van der Waals surface area contributed by atoms with Gasteiger partial charge in [0.25, 0.3) is 0 Å². The van der Waals surface area contributed by atoms with Gasteiger partial charge in [0.15, 0.2) is 0 Å². The third-order valence-corrected chi connectivity index (χ3v) is 3.32. The van der Waals surface area contributed by atoms with Gasteiger partial charge in [0.05, 0.1) is 13.0 Å². The van der Waals surface area contributed by atoms with E-state index < -0.39 is 0 Å². The largest absolute Gasteiger partial charge is 0.469 e. The molecular formula is C13H27NO2. The van der Waals surface area contributed by atoms with E-state index in [2.05, 4.69) is 26.1 Å². The van der Waals surface area contributed by atoms with Gasteiger partial charge >= 0.3 is 5.97 Å². The molecule has 4 unspecified atom stereocenters. The first kappa shape index (κ1) is 15.4. The number of esters is 1. The topological polar surface area (TPSA) is 38.3 Å². The van der Waals surface area contributed by atoms with E-state index in [9.17, 15) is 4.79 Å². The van der Waals surface area contributed by atoms with Gasteiger partial charge in [-0.2, -0.15) is 0 Å². The van der Waals surface area contributed by atoms with Crippen LogP contribution in [0.5, 0.6) is 0 Å². The monoisotopic (exact) mass is 229 g/mol. The van der Waals surface area contributed by atoms with Crippen LogP contribution in [-0.2, 0) is 9.53 Å². The van der Waals surface area contributed by atoms with Crippen molar-refractivity contribution < 1.29 is 9.53 Å². The van der Waals surface area contributed by atoms with E-state index in [0.717, 1.165) is 12.3 Å². The molecular weight excluding hydrogens is 202 g/mol. The predicted molar refractivity (Wildman–Crippen MR) is 67.3 cm³/mol. The molecule has 0 fully saturated rings. The van der Waals surface area contributed by atoms with Crippen LogP contribution < -0.4 is 5.32 Å². The van der Waals surface area contributed by atoms with Crippen molar-refractivity contribution in [3.05, 3.63) is 0 Å². The van der Waals surface area contributed by atoms with E-state index in [1.54, 1.807) is 0 Å². The highest BCUT2D eigenvalue weighted by Crippen LogP contribution is 2.12. The normalized spacial score (nSPS) is 18.6. The summed E-state index contributed by atoms with van der Waals surface area (Å²) in [6.45, 7) is 10.6. The summed E-state index contributed by atoms with van der Waals surface area (Å²) in [7, 11) is 1.44. The van der Waals surface area contributed by atoms with Gasteiger partial charge in [-0.1, -0.05) is 27.2 Å². The van der Waals surface area contributed by atoms with Crippen molar-refractivity contribution in [3.8, 4) is 0 Å². The number of carbonyl (C=O) groups excluding carboxylic acids is 1. The Balaban J connectivity index is 4.03. The van der Waals surface area contributed by atoms with Crippen molar-refractivity contribution in [3.63, 3.8) is 0 Å². The average Bonchev–Trinajstić information content (AvgIpc) is 2.26. The quantitative estimate of drug-likeness (QED) is 0.682. The fraction of sp³-hybridized carbons (Fsp3) is 0.923. The van der Waals surface area contributed by atoms with Gasteiger partial charge in [-0.3, -0.25) is 4.79 Å². The molecule has 0 saturated heterocycles. The molecule has 0 rings (SSSR count). The molecule has 0 heterocycles. The minimum atomic E-state index is -0.143. The van der Waals surface area contributed by atoms with Crippen LogP contribution in [0.4, 0.5) is 0 Å². The summed E-state index contributed by atoms with van der Waals surface area (Å²) in [6.07, 6.45) is 2.35. The Hall–Kier alpha value is -0.570. The maximum absolute atomic E-state index is 11.4. The van der Waals surface area contributed by atoms with Gasteiger partial charge in [0.2, 0.25) is 0 Å². The summed E-state index contributed by atoms with van der Waals surface area (Å²) in [4.78, 5) is 11.4. The van der Waals surface area contributed by atoms with Crippen LogP contribution in [0.2, 0.25) is 0 Å². The molecule has 0 spiro atoms. The Bertz CT molecular complexity index is 206. The average molecular weight is 229 g/mol. The molecule has 0 aromatic carbocycles. The number of rotatable bonds is 7. The number of hydrogen-bond acceptors (Lipinski definition) is 3. The van der Waals surface area contributed by atoms with Gasteiger partial charge < -0.3 is 10.1 Å². The number of hydrogen-bond donors (Lipinski definition) is 1. The second-order valence-corrected chi connectivity index (χ2v) is 4.92. The molecule has 0 radical (unpaired) electrons. The van der Waals surface area contributed by atoms with Gasteiger partial charge in [-0.15, -0.1) is 0 Å². The number of nitrogens with one attached hydrogen (secondary N) is 1. The lowest BCUT2D eigenvalue weighted by Crippen LogP contribution is -2.42. The Labute approximate surface area is 99.9 Å². The van der Waals surface area contributed by atoms with Crippen LogP contribution in [-0.4, -0.2) is 25.2 Å². The van der Waals surface area contributed by atoms with E-state index in [0.29, 0.717) is 6.04 Å². The van der Waals surface area contributed by atoms with Gasteiger partial charge in [-0.25, -0.2) is 0 Å². The summed E-state index contributed by atoms with van der Waals surface area (Å²) in [5, 5.41) is 3.46. The summed E-state index contributed by atoms with van der Waals surface area (Å²) in [6, 6.07) is 0.601. The Morgan fingerprint density at radius 1 is 1.25 bits per heavy atom. The molecule has 16 heavy (non-hydrogen) atoms. The summed E-state index contributed by atoms with van der Waals surface area (Å²) in [5.74, 6) is 0.489. The van der Waals surface area contributed by atoms with Crippen molar-refractivity contribution in [2.45, 2.75) is 59.5 Å². The lowest BCUT2D eigenvalue weighted by atomic mass is 9.97. The Kier molecular flexibility index (Phi) is 7.39. The van der Waals surface area contributed by atoms with Crippen molar-refractivity contribution in [2.75, 3.05) is 7.11 Å². The van der Waals surface area contributed by atoms with Crippen molar-refractivity contribution >= 4 is 5.97 Å². The molecule has 3 nitrogen and oxygen atoms in total. The molecule has 0 aromatic rings. The SMILES string of the molecule is CCC(C)CC(C)NC(C)C(C)C(=O)OC. The molecule has 1 N–H and O–H groups in total. The summed E-state index contributed by atoms with van der Waals surface area (Å²) >= 11 is 0. The van der Waals surface area contributed by atoms with Crippen LogP contribution >= 0.6 is 0 Å². The molecule has 0 bridgehead atoms. The van der Waals surface area contributed by atoms with Crippen LogP contribution in [0.25, 0.3) is 0 Å². The fourth-order valence-electron chi connectivity index (χ4n) is 1.82. The van der Waals surface area contributed by atoms with E-state index in [1.807, 2.05) is 13.8 Å². The molecule has 4 atom stereocenters. The Morgan fingerprint density at radius 3 is 2.25 bits per heavy atom. The van der Waals surface area contributed by atoms with Gasteiger partial charge in [0, 0.05) is 12.1 Å². The molecule has 0 saturated carbocycles. The third kappa shape index (κ3) is 5.50. The van der Waals surface area contributed by atoms with Crippen LogP contribution in [0, 0.1) is 11.8 Å². The second-order valence-electron chi connectivity index (χ2n) is 4.92. The second kappa shape index (κ2) is 7.66. The highest BCUT2D eigenvalue weighted by atomic mass is 16.5. The van der Waals surface area contributed by atoms with E-state index >= 15 is 0 Å². The zero-order valence-corrected chi connectivity index (χ0v) is 11.5. The summed E-state index contributed by atoms with van der Waals surface area (Å²) < 4.78 is 4.74. The first-order chi connectivity index (χ1) is 7.42. The zero-order chi connectivity index (χ0) is 12.7. The van der Waals surface area contributed by atoms with Crippen molar-refractivity contribution in [2.24, 2.45) is 11.8 Å². The number of ether oxygens (including phenoxy) is 1. The highest BCUT2D eigenvalue weighted by Gasteiger charge is 2.22. The first-order valence-corrected chi connectivity index (χ1v) is 6.26. The van der Waals surface area contributed by atoms with Crippen molar-refractivity contribution in [1.29, 1.82) is 0 Å². The van der Waals surface area contributed by atoms with Gasteiger partial charge in [0.1, 0.15) is 0 Å². The highest BCUT2D eigenvalue weighted by molar-refractivity contribution is 5.72. The molecule has 3 heteroatoms. The standard InChI is InChI=1S/C13H27NO2/c1-7-9(2)8-10(3)14-12(5)11(4)13(15)16-6/h9-12,14H,7-8H2,1-6H3. The molecule has 0 aliphatic rings.